The van der Waals surface area contributed by atoms with Crippen molar-refractivity contribution in [2.24, 2.45) is 7.05 Å². The number of hydrogen-bond donors (Lipinski definition) is 0. The zero-order valence-electron chi connectivity index (χ0n) is 12.8. The zero-order valence-corrected chi connectivity index (χ0v) is 13.5. The van der Waals surface area contributed by atoms with Gasteiger partial charge in [0.1, 0.15) is 7.05 Å². The van der Waals surface area contributed by atoms with Crippen LogP contribution < -0.4 is 18.8 Å². The predicted octanol–water partition coefficient (Wildman–Crippen LogP) is 2.47. The summed E-state index contributed by atoms with van der Waals surface area (Å²) < 4.78 is 18.3. The minimum atomic E-state index is -0.364. The summed E-state index contributed by atoms with van der Waals surface area (Å²) in [5.41, 5.74) is 0.725. The molecule has 0 atom stereocenters. The minimum Gasteiger partial charge on any atom is -0.489 e. The van der Waals surface area contributed by atoms with E-state index in [0.717, 1.165) is 12.0 Å². The highest BCUT2D eigenvalue weighted by Crippen LogP contribution is 2.38. The summed E-state index contributed by atoms with van der Waals surface area (Å²) >= 11 is 6.23. The Bertz CT molecular complexity index is 733. The van der Waals surface area contributed by atoms with Gasteiger partial charge in [0.25, 0.3) is 0 Å². The van der Waals surface area contributed by atoms with Gasteiger partial charge in [-0.25, -0.2) is 0 Å². The Morgan fingerprint density at radius 3 is 2.96 bits per heavy atom. The third-order valence-electron chi connectivity index (χ3n) is 3.44. The van der Waals surface area contributed by atoms with Crippen LogP contribution >= 0.6 is 11.6 Å². The van der Waals surface area contributed by atoms with Gasteiger partial charge >= 0.3 is 11.8 Å². The number of ether oxygens (including phenoxy) is 3. The topological polar surface area (TPSA) is 48.6 Å². The lowest BCUT2D eigenvalue weighted by Crippen LogP contribution is -2.31. The number of hydrogen-bond acceptors (Lipinski definition) is 4. The first-order valence-corrected chi connectivity index (χ1v) is 7.74. The zero-order chi connectivity index (χ0) is 16.2. The Morgan fingerprint density at radius 2 is 2.13 bits per heavy atom. The third kappa shape index (κ3) is 3.74. The number of rotatable bonds is 3. The van der Waals surface area contributed by atoms with Crippen molar-refractivity contribution in [2.75, 3.05) is 13.2 Å². The van der Waals surface area contributed by atoms with E-state index in [0.29, 0.717) is 35.6 Å². The van der Waals surface area contributed by atoms with Gasteiger partial charge in [0.15, 0.2) is 17.7 Å². The van der Waals surface area contributed by atoms with Crippen LogP contribution in [0.2, 0.25) is 5.02 Å². The van der Waals surface area contributed by atoms with Crippen molar-refractivity contribution < 1.29 is 23.6 Å². The second kappa shape index (κ2) is 6.87. The normalized spacial score (nSPS) is 13.3. The number of pyridine rings is 1. The number of aromatic nitrogens is 1. The molecule has 6 heteroatoms. The number of fused-ring (bicyclic) bond motifs is 1. The van der Waals surface area contributed by atoms with Crippen LogP contribution in [0.5, 0.6) is 17.4 Å². The highest BCUT2D eigenvalue weighted by Gasteiger charge is 2.18. The molecule has 0 saturated carbocycles. The van der Waals surface area contributed by atoms with Crippen molar-refractivity contribution in [2.45, 2.75) is 12.8 Å². The monoisotopic (exact) mass is 334 g/mol. The molecule has 3 rings (SSSR count). The largest absolute Gasteiger partial charge is 0.489 e. The van der Waals surface area contributed by atoms with Crippen LogP contribution in [0.4, 0.5) is 0 Å². The molecule has 0 saturated heterocycles. The molecule has 1 aromatic carbocycles. The van der Waals surface area contributed by atoms with Crippen LogP contribution in [0.25, 0.3) is 0 Å². The molecule has 120 valence electrons. The molecule has 0 fully saturated rings. The third-order valence-corrected chi connectivity index (χ3v) is 3.72. The second-order valence-electron chi connectivity index (χ2n) is 5.26. The highest BCUT2D eigenvalue weighted by molar-refractivity contribution is 6.32. The quantitative estimate of drug-likeness (QED) is 0.639. The Hall–Kier alpha value is -2.27. The summed E-state index contributed by atoms with van der Waals surface area (Å²) in [6.45, 7) is 1.13. The van der Waals surface area contributed by atoms with Gasteiger partial charge in [-0.1, -0.05) is 11.6 Å². The van der Waals surface area contributed by atoms with E-state index in [2.05, 4.69) is 0 Å². The Kier molecular flexibility index (Phi) is 4.67. The molecule has 0 amide bonds. The molecule has 0 radical (unpaired) electrons. The van der Waals surface area contributed by atoms with Crippen molar-refractivity contribution in [3.63, 3.8) is 0 Å². The molecule has 0 spiro atoms. The number of aryl methyl sites for hydroxylation is 1. The van der Waals surface area contributed by atoms with Gasteiger partial charge in [0, 0.05) is 12.5 Å². The lowest BCUT2D eigenvalue weighted by Gasteiger charge is -2.11. The van der Waals surface area contributed by atoms with Gasteiger partial charge in [-0.05, 0) is 23.8 Å². The van der Waals surface area contributed by atoms with Crippen molar-refractivity contribution in [1.29, 1.82) is 0 Å². The van der Waals surface area contributed by atoms with Gasteiger partial charge in [-0.2, -0.15) is 4.57 Å². The van der Waals surface area contributed by atoms with E-state index in [9.17, 15) is 4.79 Å². The first kappa shape index (κ1) is 15.6. The van der Waals surface area contributed by atoms with Crippen LogP contribution in [-0.4, -0.2) is 19.2 Å². The van der Waals surface area contributed by atoms with Gasteiger partial charge in [0.2, 0.25) is 0 Å². The summed E-state index contributed by atoms with van der Waals surface area (Å²) in [4.78, 5) is 12.1. The first-order valence-electron chi connectivity index (χ1n) is 7.37. The van der Waals surface area contributed by atoms with E-state index in [1.54, 1.807) is 22.8 Å². The van der Waals surface area contributed by atoms with Gasteiger partial charge in [0.05, 0.1) is 30.7 Å². The van der Waals surface area contributed by atoms with E-state index in [4.69, 9.17) is 25.8 Å². The predicted molar refractivity (Wildman–Crippen MR) is 84.0 cm³/mol. The molecule has 0 aliphatic carbocycles. The fourth-order valence-corrected chi connectivity index (χ4v) is 2.61. The standard InChI is InChI=1S/C17H17ClNO4/c1-19-6-3-2-5-15(19)23-16(20)11-12-9-13(18)17-14(10-12)21-7-4-8-22-17/h2-3,5-6,9-10H,4,7-8,11H2,1H3/q+1. The van der Waals surface area contributed by atoms with Crippen LogP contribution in [0.1, 0.15) is 12.0 Å². The highest BCUT2D eigenvalue weighted by atomic mass is 35.5. The number of carbonyl (C=O) groups is 1. The Balaban J connectivity index is 1.75. The minimum absolute atomic E-state index is 0.102. The molecular weight excluding hydrogens is 318 g/mol. The van der Waals surface area contributed by atoms with Gasteiger partial charge in [-0.15, -0.1) is 0 Å². The van der Waals surface area contributed by atoms with E-state index in [-0.39, 0.29) is 12.4 Å². The molecule has 2 aromatic rings. The number of halogens is 1. The molecule has 5 nitrogen and oxygen atoms in total. The summed E-state index contributed by atoms with van der Waals surface area (Å²) in [5.74, 6) is 1.23. The van der Waals surface area contributed by atoms with Crippen LogP contribution in [0.3, 0.4) is 0 Å². The fourth-order valence-electron chi connectivity index (χ4n) is 2.32. The summed E-state index contributed by atoms with van der Waals surface area (Å²) in [6.07, 6.45) is 2.71. The summed E-state index contributed by atoms with van der Waals surface area (Å²) in [7, 11) is 1.81. The number of nitrogens with zero attached hydrogens (tertiary/aromatic N) is 1. The van der Waals surface area contributed by atoms with Crippen molar-refractivity contribution in [3.05, 3.63) is 47.1 Å². The fraction of sp³-hybridized carbons (Fsp3) is 0.294. The second-order valence-corrected chi connectivity index (χ2v) is 5.66. The molecular formula is C17H17ClNO4+. The van der Waals surface area contributed by atoms with E-state index in [1.165, 1.54) is 0 Å². The number of esters is 1. The van der Waals surface area contributed by atoms with Crippen molar-refractivity contribution in [3.8, 4) is 17.4 Å². The van der Waals surface area contributed by atoms with Crippen LogP contribution in [0.15, 0.2) is 36.5 Å². The van der Waals surface area contributed by atoms with Crippen LogP contribution in [-0.2, 0) is 18.3 Å². The van der Waals surface area contributed by atoms with E-state index < -0.39 is 0 Å². The maximum absolute atomic E-state index is 12.1. The first-order chi connectivity index (χ1) is 11.1. The lowest BCUT2D eigenvalue weighted by molar-refractivity contribution is -0.675. The van der Waals surface area contributed by atoms with Gasteiger partial charge in [-0.3, -0.25) is 4.79 Å². The van der Waals surface area contributed by atoms with Crippen molar-refractivity contribution >= 4 is 17.6 Å². The molecule has 0 N–H and O–H groups in total. The summed E-state index contributed by atoms with van der Waals surface area (Å²) in [5, 5.41) is 0.442. The molecule has 0 unspecified atom stereocenters. The Morgan fingerprint density at radius 1 is 1.30 bits per heavy atom. The van der Waals surface area contributed by atoms with E-state index >= 15 is 0 Å². The molecule has 1 aromatic heterocycles. The van der Waals surface area contributed by atoms with Crippen LogP contribution in [0, 0.1) is 0 Å². The average Bonchev–Trinajstić information content (AvgIpc) is 2.75. The molecule has 0 bridgehead atoms. The smallest absolute Gasteiger partial charge is 0.375 e. The molecule has 23 heavy (non-hydrogen) atoms. The molecule has 1 aliphatic heterocycles. The Labute approximate surface area is 139 Å². The van der Waals surface area contributed by atoms with Gasteiger partial charge < -0.3 is 14.2 Å². The average molecular weight is 335 g/mol. The molecule has 1 aliphatic rings. The summed E-state index contributed by atoms with van der Waals surface area (Å²) in [6, 6.07) is 8.90. The maximum Gasteiger partial charge on any atom is 0.375 e. The number of carbonyl (C=O) groups excluding carboxylic acids is 1. The lowest BCUT2D eigenvalue weighted by atomic mass is 10.1. The van der Waals surface area contributed by atoms with Crippen molar-refractivity contribution in [1.82, 2.24) is 0 Å². The SMILES string of the molecule is C[n+]1ccccc1OC(=O)Cc1cc(Cl)c2c(c1)OCCCO2. The molecule has 2 heterocycles. The number of benzene rings is 1. The maximum atomic E-state index is 12.1. The van der Waals surface area contributed by atoms with E-state index in [1.807, 2.05) is 25.4 Å².